The van der Waals surface area contributed by atoms with Gasteiger partial charge in [-0.1, -0.05) is 48.5 Å². The minimum atomic E-state index is -0.377. The smallest absolute Gasteiger partial charge is 0.248 e. The SMILES string of the molecule is COc1ccc(CN2CCC(c3ccc(Cc4ccccc4C(N)=O)cc3)C2)cc1OC. The zero-order chi connectivity index (χ0) is 22.5. The molecule has 1 aliphatic rings. The Morgan fingerprint density at radius 2 is 1.69 bits per heavy atom. The van der Waals surface area contributed by atoms with Crippen molar-refractivity contribution in [3.8, 4) is 11.5 Å². The van der Waals surface area contributed by atoms with E-state index in [0.717, 1.165) is 43.1 Å². The fraction of sp³-hybridized carbons (Fsp3) is 0.296. The molecule has 1 unspecified atom stereocenters. The molecule has 0 saturated carbocycles. The van der Waals surface area contributed by atoms with Crippen LogP contribution >= 0.6 is 0 Å². The molecule has 166 valence electrons. The molecule has 1 amide bonds. The Labute approximate surface area is 189 Å². The summed E-state index contributed by atoms with van der Waals surface area (Å²) in [4.78, 5) is 14.2. The summed E-state index contributed by atoms with van der Waals surface area (Å²) in [7, 11) is 3.33. The van der Waals surface area contributed by atoms with Gasteiger partial charge in [-0.3, -0.25) is 9.69 Å². The summed E-state index contributed by atoms with van der Waals surface area (Å²) in [5.41, 5.74) is 10.9. The van der Waals surface area contributed by atoms with Crippen LogP contribution in [0, 0.1) is 0 Å². The highest BCUT2D eigenvalue weighted by molar-refractivity contribution is 5.94. The minimum Gasteiger partial charge on any atom is -0.493 e. The summed E-state index contributed by atoms with van der Waals surface area (Å²) >= 11 is 0. The van der Waals surface area contributed by atoms with E-state index in [1.165, 1.54) is 16.7 Å². The highest BCUT2D eigenvalue weighted by Crippen LogP contribution is 2.31. The minimum absolute atomic E-state index is 0.377. The molecule has 0 radical (unpaired) electrons. The Bertz CT molecular complexity index is 1080. The van der Waals surface area contributed by atoms with Gasteiger partial charge in [0.15, 0.2) is 11.5 Å². The van der Waals surface area contributed by atoms with Crippen LogP contribution in [0.2, 0.25) is 0 Å². The van der Waals surface area contributed by atoms with Gasteiger partial charge in [0.25, 0.3) is 0 Å². The monoisotopic (exact) mass is 430 g/mol. The van der Waals surface area contributed by atoms with Gasteiger partial charge >= 0.3 is 0 Å². The Morgan fingerprint density at radius 3 is 2.41 bits per heavy atom. The molecule has 5 heteroatoms. The predicted octanol–water partition coefficient (Wildman–Crippen LogP) is 4.38. The number of methoxy groups -OCH3 is 2. The molecule has 1 aliphatic heterocycles. The number of nitrogens with two attached hydrogens (primary N) is 1. The van der Waals surface area contributed by atoms with Crippen molar-refractivity contribution in [2.45, 2.75) is 25.3 Å². The number of ether oxygens (including phenoxy) is 2. The first kappa shape index (κ1) is 21.9. The fourth-order valence-electron chi connectivity index (χ4n) is 4.53. The number of nitrogens with zero attached hydrogens (tertiary/aromatic N) is 1. The zero-order valence-electron chi connectivity index (χ0n) is 18.7. The Balaban J connectivity index is 1.38. The first-order valence-corrected chi connectivity index (χ1v) is 11.0. The second-order valence-corrected chi connectivity index (χ2v) is 8.35. The van der Waals surface area contributed by atoms with Crippen LogP contribution in [0.3, 0.4) is 0 Å². The van der Waals surface area contributed by atoms with Crippen LogP contribution in [0.5, 0.6) is 11.5 Å². The first-order valence-electron chi connectivity index (χ1n) is 11.0. The first-order chi connectivity index (χ1) is 15.6. The van der Waals surface area contributed by atoms with Crippen LogP contribution in [0.15, 0.2) is 66.7 Å². The van der Waals surface area contributed by atoms with Gasteiger partial charge < -0.3 is 15.2 Å². The Kier molecular flexibility index (Phi) is 6.76. The molecule has 1 heterocycles. The number of carbonyl (C=O) groups is 1. The van der Waals surface area contributed by atoms with E-state index in [4.69, 9.17) is 15.2 Å². The molecule has 2 N–H and O–H groups in total. The van der Waals surface area contributed by atoms with Crippen molar-refractivity contribution in [3.63, 3.8) is 0 Å². The average molecular weight is 431 g/mol. The standard InChI is InChI=1S/C27H30N2O3/c1-31-25-12-9-20(16-26(25)32-2)17-29-14-13-23(18-29)21-10-7-19(8-11-21)15-22-5-3-4-6-24(22)27(28)30/h3-12,16,23H,13-15,17-18H2,1-2H3,(H2,28,30). The molecule has 0 aliphatic carbocycles. The molecule has 5 nitrogen and oxygen atoms in total. The second-order valence-electron chi connectivity index (χ2n) is 8.35. The van der Waals surface area contributed by atoms with Gasteiger partial charge in [0.1, 0.15) is 0 Å². The number of likely N-dealkylation sites (tertiary alicyclic amines) is 1. The van der Waals surface area contributed by atoms with Crippen LogP contribution in [0.4, 0.5) is 0 Å². The maximum absolute atomic E-state index is 11.7. The lowest BCUT2D eigenvalue weighted by Crippen LogP contribution is -2.19. The van der Waals surface area contributed by atoms with Gasteiger partial charge in [0.05, 0.1) is 14.2 Å². The molecule has 3 aromatic carbocycles. The lowest BCUT2D eigenvalue weighted by Gasteiger charge is -2.18. The topological polar surface area (TPSA) is 64.8 Å². The molecular weight excluding hydrogens is 400 g/mol. The summed E-state index contributed by atoms with van der Waals surface area (Å²) in [6.45, 7) is 3.02. The van der Waals surface area contributed by atoms with E-state index in [2.05, 4.69) is 41.3 Å². The summed E-state index contributed by atoms with van der Waals surface area (Å²) in [6, 6.07) is 22.5. The van der Waals surface area contributed by atoms with Crippen molar-refractivity contribution in [1.29, 1.82) is 0 Å². The number of hydrogen-bond acceptors (Lipinski definition) is 4. The van der Waals surface area contributed by atoms with Gasteiger partial charge in [-0.05, 0) is 65.8 Å². The quantitative estimate of drug-likeness (QED) is 0.576. The highest BCUT2D eigenvalue weighted by atomic mass is 16.5. The van der Waals surface area contributed by atoms with Crippen LogP contribution in [0.25, 0.3) is 0 Å². The van der Waals surface area contributed by atoms with E-state index in [-0.39, 0.29) is 5.91 Å². The predicted molar refractivity (Wildman–Crippen MR) is 126 cm³/mol. The molecule has 1 atom stereocenters. The highest BCUT2D eigenvalue weighted by Gasteiger charge is 2.24. The largest absolute Gasteiger partial charge is 0.493 e. The van der Waals surface area contributed by atoms with Crippen LogP contribution in [-0.4, -0.2) is 38.1 Å². The van der Waals surface area contributed by atoms with Gasteiger partial charge in [0, 0.05) is 18.7 Å². The number of rotatable bonds is 8. The third-order valence-electron chi connectivity index (χ3n) is 6.26. The van der Waals surface area contributed by atoms with Crippen molar-refractivity contribution < 1.29 is 14.3 Å². The van der Waals surface area contributed by atoms with Crippen LogP contribution in [0.1, 0.15) is 45.0 Å². The number of carbonyl (C=O) groups excluding carboxylic acids is 1. The molecule has 1 saturated heterocycles. The van der Waals surface area contributed by atoms with E-state index < -0.39 is 0 Å². The summed E-state index contributed by atoms with van der Waals surface area (Å²) in [5, 5.41) is 0. The second kappa shape index (κ2) is 9.88. The molecular formula is C27H30N2O3. The maximum Gasteiger partial charge on any atom is 0.248 e. The number of primary amides is 1. The summed E-state index contributed by atoms with van der Waals surface area (Å²) in [6.07, 6.45) is 1.85. The molecule has 0 bridgehead atoms. The maximum atomic E-state index is 11.7. The van der Waals surface area contributed by atoms with Crippen molar-refractivity contribution in [3.05, 3.63) is 94.5 Å². The van der Waals surface area contributed by atoms with Gasteiger partial charge in [0.2, 0.25) is 5.91 Å². The normalized spacial score (nSPS) is 16.1. The van der Waals surface area contributed by atoms with Crippen molar-refractivity contribution in [2.24, 2.45) is 5.73 Å². The molecule has 3 aromatic rings. The average Bonchev–Trinajstić information content (AvgIpc) is 3.28. The summed E-state index contributed by atoms with van der Waals surface area (Å²) < 4.78 is 10.8. The summed E-state index contributed by atoms with van der Waals surface area (Å²) in [5.74, 6) is 1.68. The van der Waals surface area contributed by atoms with E-state index in [9.17, 15) is 4.79 Å². The molecule has 4 rings (SSSR count). The fourth-order valence-corrected chi connectivity index (χ4v) is 4.53. The van der Waals surface area contributed by atoms with Crippen LogP contribution in [-0.2, 0) is 13.0 Å². The third-order valence-corrected chi connectivity index (χ3v) is 6.26. The van der Waals surface area contributed by atoms with E-state index in [0.29, 0.717) is 17.9 Å². The third kappa shape index (κ3) is 4.94. The van der Waals surface area contributed by atoms with Crippen LogP contribution < -0.4 is 15.2 Å². The number of benzene rings is 3. The van der Waals surface area contributed by atoms with E-state index in [1.807, 2.05) is 24.3 Å². The van der Waals surface area contributed by atoms with Crippen molar-refractivity contribution >= 4 is 5.91 Å². The van der Waals surface area contributed by atoms with Gasteiger partial charge in [-0.2, -0.15) is 0 Å². The number of amides is 1. The van der Waals surface area contributed by atoms with E-state index in [1.54, 1.807) is 20.3 Å². The Morgan fingerprint density at radius 1 is 0.969 bits per heavy atom. The number of hydrogen-bond donors (Lipinski definition) is 1. The van der Waals surface area contributed by atoms with Crippen molar-refractivity contribution in [1.82, 2.24) is 4.90 Å². The molecule has 32 heavy (non-hydrogen) atoms. The lowest BCUT2D eigenvalue weighted by molar-refractivity contribution is 0.0999. The lowest BCUT2D eigenvalue weighted by atomic mass is 9.94. The van der Waals surface area contributed by atoms with E-state index >= 15 is 0 Å². The molecule has 1 fully saturated rings. The Hall–Kier alpha value is -3.31. The van der Waals surface area contributed by atoms with Gasteiger partial charge in [-0.25, -0.2) is 0 Å². The zero-order valence-corrected chi connectivity index (χ0v) is 18.7. The molecule has 0 spiro atoms. The van der Waals surface area contributed by atoms with Crippen molar-refractivity contribution in [2.75, 3.05) is 27.3 Å². The van der Waals surface area contributed by atoms with Gasteiger partial charge in [-0.15, -0.1) is 0 Å². The molecule has 0 aromatic heterocycles.